The molecule has 1 saturated carbocycles. The molecule has 5 nitrogen and oxygen atoms in total. The van der Waals surface area contributed by atoms with Crippen molar-refractivity contribution in [2.75, 3.05) is 4.90 Å². The lowest BCUT2D eigenvalue weighted by Gasteiger charge is -2.33. The molecule has 0 amide bonds. The molecule has 0 radical (unpaired) electrons. The average molecular weight is 782 g/mol. The van der Waals surface area contributed by atoms with E-state index in [1.165, 1.54) is 119 Å². The van der Waals surface area contributed by atoms with Crippen LogP contribution in [0.15, 0.2) is 103 Å². The van der Waals surface area contributed by atoms with Crippen LogP contribution >= 0.6 is 11.3 Å². The van der Waals surface area contributed by atoms with E-state index in [1.54, 1.807) is 17.4 Å². The molecule has 6 heteroatoms. The van der Waals surface area contributed by atoms with Crippen LogP contribution in [0.4, 0.5) is 11.4 Å². The molecular formula is C52H47NO4S. The molecule has 2 heterocycles. The van der Waals surface area contributed by atoms with Gasteiger partial charge in [0.1, 0.15) is 0 Å². The highest BCUT2D eigenvalue weighted by molar-refractivity contribution is 7.16. The van der Waals surface area contributed by atoms with Crippen molar-refractivity contribution < 1.29 is 19.5 Å². The first-order valence-corrected chi connectivity index (χ1v) is 21.9. The van der Waals surface area contributed by atoms with E-state index in [1.807, 2.05) is 6.92 Å². The first-order chi connectivity index (χ1) is 28.2. The maximum Gasteiger partial charge on any atom is 0.335 e. The second-order valence-corrected chi connectivity index (χ2v) is 18.0. The van der Waals surface area contributed by atoms with Gasteiger partial charge in [-0.05, 0) is 125 Å². The second-order valence-electron chi connectivity index (χ2n) is 16.9. The normalized spacial score (nSPS) is 19.2. The van der Waals surface area contributed by atoms with Crippen LogP contribution in [0.5, 0.6) is 0 Å². The van der Waals surface area contributed by atoms with Crippen molar-refractivity contribution in [2.45, 2.75) is 95.9 Å². The van der Waals surface area contributed by atoms with Gasteiger partial charge in [-0.3, -0.25) is 9.59 Å². The number of hydrogen-bond acceptors (Lipinski definition) is 5. The van der Waals surface area contributed by atoms with Gasteiger partial charge in [0, 0.05) is 49.3 Å². The third-order valence-corrected chi connectivity index (χ3v) is 14.9. The van der Waals surface area contributed by atoms with Crippen molar-refractivity contribution in [3.8, 4) is 21.6 Å². The van der Waals surface area contributed by atoms with Crippen LogP contribution in [0, 0.1) is 6.92 Å². The monoisotopic (exact) mass is 781 g/mol. The fraction of sp³-hybridized carbons (Fsp3) is 0.288. The molecule has 1 aromatic heterocycles. The highest BCUT2D eigenvalue weighted by Gasteiger charge is 2.46. The molecule has 290 valence electrons. The van der Waals surface area contributed by atoms with Gasteiger partial charge in [-0.25, -0.2) is 4.79 Å². The number of aromatic carboxylic acids is 1. The minimum atomic E-state index is -1.13. The van der Waals surface area contributed by atoms with E-state index in [9.17, 15) is 19.5 Å². The Labute approximate surface area is 344 Å². The van der Waals surface area contributed by atoms with Gasteiger partial charge in [-0.2, -0.15) is 0 Å². The van der Waals surface area contributed by atoms with E-state index < -0.39 is 11.8 Å². The number of carbonyl (C=O) groups excluding carboxylic acids is 2. The van der Waals surface area contributed by atoms with Crippen LogP contribution in [0.1, 0.15) is 136 Å². The molecule has 3 aliphatic carbocycles. The quantitative estimate of drug-likeness (QED) is 0.111. The minimum absolute atomic E-state index is 0.00403. The molecule has 6 aromatic rings. The number of carboxylic acids is 1. The predicted octanol–water partition coefficient (Wildman–Crippen LogP) is 13.5. The summed E-state index contributed by atoms with van der Waals surface area (Å²) in [5.74, 6) is -1.48. The van der Waals surface area contributed by atoms with Crippen molar-refractivity contribution in [2.24, 2.45) is 0 Å². The summed E-state index contributed by atoms with van der Waals surface area (Å²) >= 11 is 1.60. The minimum Gasteiger partial charge on any atom is -0.478 e. The number of fused-ring (bicyclic) bond motifs is 9. The lowest BCUT2D eigenvalue weighted by molar-refractivity contribution is 0.0696. The SMILES string of the molecule is CCCCC1(CCCC)c2ccccc2-c2cc(N3c4c(cc(-c5cc(C)c(/C=C6\C(=O)c7ccc(C(=O)O)cc7C6=O)s5)c5ccccc45)C4CCCC43)ccc21. The molecule has 10 rings (SSSR count). The van der Waals surface area contributed by atoms with Gasteiger partial charge in [-0.1, -0.05) is 101 Å². The number of ketones is 2. The van der Waals surface area contributed by atoms with Crippen LogP contribution in [0.2, 0.25) is 0 Å². The summed E-state index contributed by atoms with van der Waals surface area (Å²) in [6.45, 7) is 6.66. The summed E-state index contributed by atoms with van der Waals surface area (Å²) in [4.78, 5) is 43.2. The molecule has 5 aromatic carbocycles. The van der Waals surface area contributed by atoms with Gasteiger partial charge >= 0.3 is 5.97 Å². The number of unbranched alkanes of at least 4 members (excludes halogenated alkanes) is 2. The lowest BCUT2D eigenvalue weighted by atomic mass is 9.71. The van der Waals surface area contributed by atoms with E-state index >= 15 is 0 Å². The Kier molecular flexibility index (Phi) is 8.90. The highest BCUT2D eigenvalue weighted by atomic mass is 32.1. The Hall–Kier alpha value is -5.59. The maximum absolute atomic E-state index is 13.5. The number of thiophene rings is 1. The standard InChI is InChI=1S/C52H47NO4S/c1-4-6-23-52(24-7-5-2)43-17-11-10-14-34(43)38-27-32(20-22-44(38)52)53-45-18-12-16-35(45)40-28-39(33-13-8-9-15-36(33)48(40)53)47-25-30(3)46(58-47)29-42-49(54)37-21-19-31(51(56)57)26-41(37)50(42)55/h8-11,13-15,17,19-22,25-29,35,45H,4-7,12,16,18,23-24H2,1-3H3,(H,56,57)/b42-29+. The maximum atomic E-state index is 13.5. The van der Waals surface area contributed by atoms with E-state index in [0.717, 1.165) is 28.2 Å². The number of benzene rings is 5. The van der Waals surface area contributed by atoms with Crippen molar-refractivity contribution in [3.63, 3.8) is 0 Å². The predicted molar refractivity (Wildman–Crippen MR) is 236 cm³/mol. The average Bonchev–Trinajstić information content (AvgIpc) is 4.04. The third-order valence-electron chi connectivity index (χ3n) is 13.7. The summed E-state index contributed by atoms with van der Waals surface area (Å²) in [6.07, 6.45) is 12.4. The summed E-state index contributed by atoms with van der Waals surface area (Å²) in [6, 6.07) is 34.6. The molecule has 1 N–H and O–H groups in total. The Balaban J connectivity index is 1.08. The Morgan fingerprint density at radius 2 is 1.50 bits per heavy atom. The number of nitrogens with zero attached hydrogens (tertiary/aromatic N) is 1. The van der Waals surface area contributed by atoms with Gasteiger partial charge in [0.2, 0.25) is 0 Å². The first kappa shape index (κ1) is 36.7. The summed E-state index contributed by atoms with van der Waals surface area (Å²) in [5.41, 5.74) is 12.6. The molecule has 1 aliphatic heterocycles. The molecule has 0 bridgehead atoms. The van der Waals surface area contributed by atoms with Crippen LogP contribution in [0.3, 0.4) is 0 Å². The zero-order valence-corrected chi connectivity index (χ0v) is 34.2. The fourth-order valence-electron chi connectivity index (χ4n) is 10.9. The smallest absolute Gasteiger partial charge is 0.335 e. The summed E-state index contributed by atoms with van der Waals surface area (Å²) < 4.78 is 0. The van der Waals surface area contributed by atoms with E-state index in [0.29, 0.717) is 12.0 Å². The van der Waals surface area contributed by atoms with E-state index in [-0.39, 0.29) is 33.5 Å². The Morgan fingerprint density at radius 1 is 0.776 bits per heavy atom. The van der Waals surface area contributed by atoms with Gasteiger partial charge in [0.05, 0.1) is 16.8 Å². The number of hydrogen-bond donors (Lipinski definition) is 1. The number of anilines is 2. The van der Waals surface area contributed by atoms with Crippen molar-refractivity contribution in [1.29, 1.82) is 0 Å². The second kappa shape index (κ2) is 14.1. The third kappa shape index (κ3) is 5.44. The van der Waals surface area contributed by atoms with Gasteiger partial charge in [0.25, 0.3) is 0 Å². The highest BCUT2D eigenvalue weighted by Crippen LogP contribution is 2.59. The van der Waals surface area contributed by atoms with Crippen molar-refractivity contribution in [1.82, 2.24) is 0 Å². The van der Waals surface area contributed by atoms with Gasteiger partial charge < -0.3 is 10.0 Å². The summed E-state index contributed by atoms with van der Waals surface area (Å²) in [7, 11) is 0. The first-order valence-electron chi connectivity index (χ1n) is 21.1. The Morgan fingerprint density at radius 3 is 2.28 bits per heavy atom. The molecule has 2 unspecified atom stereocenters. The van der Waals surface area contributed by atoms with Crippen LogP contribution < -0.4 is 4.90 Å². The van der Waals surface area contributed by atoms with Crippen LogP contribution in [-0.2, 0) is 5.41 Å². The van der Waals surface area contributed by atoms with Crippen molar-refractivity contribution >= 4 is 57.1 Å². The van der Waals surface area contributed by atoms with E-state index in [4.69, 9.17) is 0 Å². The number of allylic oxidation sites excluding steroid dienone is 1. The molecule has 58 heavy (non-hydrogen) atoms. The zero-order chi connectivity index (χ0) is 39.9. The van der Waals surface area contributed by atoms with Crippen LogP contribution in [-0.4, -0.2) is 28.7 Å². The fourth-order valence-corrected chi connectivity index (χ4v) is 12.1. The largest absolute Gasteiger partial charge is 0.478 e. The molecule has 2 atom stereocenters. The Bertz CT molecular complexity index is 2740. The molecule has 0 saturated heterocycles. The molecule has 0 spiro atoms. The topological polar surface area (TPSA) is 74.7 Å². The number of aryl methyl sites for hydroxylation is 1. The number of carbonyl (C=O) groups is 3. The molecular weight excluding hydrogens is 735 g/mol. The van der Waals surface area contributed by atoms with Crippen LogP contribution in [0.25, 0.3) is 38.4 Å². The van der Waals surface area contributed by atoms with Crippen molar-refractivity contribution in [3.05, 3.63) is 146 Å². The number of carboxylic acid groups (broad SMARTS) is 1. The lowest BCUT2D eigenvalue weighted by Crippen LogP contribution is -2.27. The van der Waals surface area contributed by atoms with E-state index in [2.05, 4.69) is 97.6 Å². The van der Waals surface area contributed by atoms with Gasteiger partial charge in [-0.15, -0.1) is 11.3 Å². The van der Waals surface area contributed by atoms with Gasteiger partial charge in [0.15, 0.2) is 11.6 Å². The molecule has 1 fully saturated rings. The molecule has 4 aliphatic rings. The number of Topliss-reactive ketones (excluding diaryl/α,β-unsaturated/α-hetero) is 2. The summed E-state index contributed by atoms with van der Waals surface area (Å²) in [5, 5.41) is 11.9. The zero-order valence-electron chi connectivity index (χ0n) is 33.4. The number of rotatable bonds is 10.